The molecule has 1 aliphatic rings. The van der Waals surface area contributed by atoms with Crippen LogP contribution in [0.5, 0.6) is 0 Å². The van der Waals surface area contributed by atoms with Gasteiger partial charge in [-0.3, -0.25) is 0 Å². The number of halogens is 1. The molecule has 0 N–H and O–H groups in total. The Morgan fingerprint density at radius 1 is 1.50 bits per heavy atom. The molecular weight excluding hydrogens is 255 g/mol. The Morgan fingerprint density at radius 3 is 2.40 bits per heavy atom. The quantitative estimate of drug-likeness (QED) is 0.296. The molecule has 0 aromatic carbocycles. The molecule has 0 radical (unpaired) electrons. The summed E-state index contributed by atoms with van der Waals surface area (Å²) in [7, 11) is 0. The summed E-state index contributed by atoms with van der Waals surface area (Å²) in [6.07, 6.45) is 6.89. The van der Waals surface area contributed by atoms with Crippen molar-refractivity contribution >= 4 is 35.2 Å². The molecule has 1 atom stereocenters. The number of allylic oxidation sites excluding steroid dienone is 1. The summed E-state index contributed by atoms with van der Waals surface area (Å²) >= 11 is 7.01. The highest BCUT2D eigenvalue weighted by Crippen LogP contribution is 2.48. The molecule has 1 unspecified atom stereocenters. The highest BCUT2D eigenvalue weighted by Gasteiger charge is 2.38. The van der Waals surface area contributed by atoms with E-state index in [1.807, 2.05) is 0 Å². The first-order valence-corrected chi connectivity index (χ1v) is 5.07. The maximum absolute atomic E-state index is 4.60. The molecule has 0 spiro atoms. The zero-order chi connectivity index (χ0) is 7.83. The van der Waals surface area contributed by atoms with Crippen molar-refractivity contribution in [2.24, 2.45) is 5.41 Å². The van der Waals surface area contributed by atoms with Crippen LogP contribution in [-0.2, 0) is 0 Å². The van der Waals surface area contributed by atoms with Crippen molar-refractivity contribution in [2.75, 3.05) is 0 Å². The summed E-state index contributed by atoms with van der Waals surface area (Å²) in [4.78, 5) is 0. The molecule has 0 amide bonds. The van der Waals surface area contributed by atoms with Crippen LogP contribution in [0.2, 0.25) is 0 Å². The highest BCUT2D eigenvalue weighted by atomic mass is 127. The van der Waals surface area contributed by atoms with Gasteiger partial charge in [0, 0.05) is 0 Å². The summed E-state index contributed by atoms with van der Waals surface area (Å²) in [5.41, 5.74) is 0.339. The Balaban J connectivity index is 2.87. The van der Waals surface area contributed by atoms with Gasteiger partial charge in [0.25, 0.3) is 0 Å². The molecule has 58 valence electrons. The van der Waals surface area contributed by atoms with Gasteiger partial charge in [0.2, 0.25) is 0 Å². The van der Waals surface area contributed by atoms with Crippen molar-refractivity contribution in [3.63, 3.8) is 0 Å². The second-order valence-corrected chi connectivity index (χ2v) is 6.76. The first kappa shape index (κ1) is 8.91. The van der Waals surface area contributed by atoms with Gasteiger partial charge >= 0.3 is 0 Å². The topological polar surface area (TPSA) is 0 Å². The predicted molar refractivity (Wildman–Crippen MR) is 57.9 cm³/mol. The van der Waals surface area contributed by atoms with E-state index in [9.17, 15) is 0 Å². The Kier molecular flexibility index (Phi) is 2.41. The number of rotatable bonds is 0. The van der Waals surface area contributed by atoms with Gasteiger partial charge in [-0.15, -0.1) is 0 Å². The minimum absolute atomic E-state index is 0.0585. The minimum Gasteiger partial charge on any atom is -0.157 e. The molecule has 0 fully saturated rings. The molecule has 1 aliphatic carbocycles. The Morgan fingerprint density at radius 2 is 2.10 bits per heavy atom. The molecule has 0 saturated carbocycles. The maximum Gasteiger partial charge on any atom is 0.0874 e. The van der Waals surface area contributed by atoms with Crippen molar-refractivity contribution < 1.29 is 0 Å². The lowest BCUT2D eigenvalue weighted by molar-refractivity contribution is 0.333. The van der Waals surface area contributed by atoms with E-state index in [1.54, 1.807) is 0 Å². The number of hydrogen-bond donors (Lipinski definition) is 1. The van der Waals surface area contributed by atoms with Gasteiger partial charge in [0.1, 0.15) is 0 Å². The standard InChI is InChI=1S/C8H13IS/c1-7(2)5-3-4-6-8(7,9)10/h4,6,10H,3,5H2,1-2H3. The van der Waals surface area contributed by atoms with Crippen LogP contribution in [0.1, 0.15) is 26.7 Å². The zero-order valence-corrected chi connectivity index (χ0v) is 9.45. The lowest BCUT2D eigenvalue weighted by atomic mass is 9.80. The van der Waals surface area contributed by atoms with Gasteiger partial charge in [-0.1, -0.05) is 48.6 Å². The smallest absolute Gasteiger partial charge is 0.0874 e. The average molecular weight is 268 g/mol. The Hall–Kier alpha value is 0.820. The summed E-state index contributed by atoms with van der Waals surface area (Å²) in [5, 5.41) is 0. The second kappa shape index (κ2) is 2.70. The van der Waals surface area contributed by atoms with Gasteiger partial charge in [0.15, 0.2) is 0 Å². The summed E-state index contributed by atoms with van der Waals surface area (Å²) in [5.74, 6) is 0. The lowest BCUT2D eigenvalue weighted by Crippen LogP contribution is -2.33. The van der Waals surface area contributed by atoms with E-state index in [1.165, 1.54) is 12.8 Å². The number of alkyl halides is 1. The summed E-state index contributed by atoms with van der Waals surface area (Å²) in [6.45, 7) is 4.55. The van der Waals surface area contributed by atoms with Crippen LogP contribution in [0.3, 0.4) is 0 Å². The van der Waals surface area contributed by atoms with Crippen molar-refractivity contribution in [1.29, 1.82) is 0 Å². The molecule has 0 bridgehead atoms. The van der Waals surface area contributed by atoms with Crippen LogP contribution in [0.15, 0.2) is 12.2 Å². The maximum atomic E-state index is 4.60. The van der Waals surface area contributed by atoms with Gasteiger partial charge < -0.3 is 0 Å². The van der Waals surface area contributed by atoms with E-state index in [0.29, 0.717) is 5.41 Å². The zero-order valence-electron chi connectivity index (χ0n) is 6.39. The van der Waals surface area contributed by atoms with Gasteiger partial charge in [0.05, 0.1) is 2.75 Å². The van der Waals surface area contributed by atoms with Crippen molar-refractivity contribution in [2.45, 2.75) is 29.4 Å². The third-order valence-corrected chi connectivity index (χ3v) is 4.80. The van der Waals surface area contributed by atoms with Gasteiger partial charge in [-0.25, -0.2) is 0 Å². The minimum atomic E-state index is 0.0585. The lowest BCUT2D eigenvalue weighted by Gasteiger charge is -2.39. The van der Waals surface area contributed by atoms with Crippen molar-refractivity contribution in [1.82, 2.24) is 0 Å². The monoisotopic (exact) mass is 268 g/mol. The number of hydrogen-bond acceptors (Lipinski definition) is 1. The fraction of sp³-hybridized carbons (Fsp3) is 0.750. The van der Waals surface area contributed by atoms with E-state index in [4.69, 9.17) is 0 Å². The van der Waals surface area contributed by atoms with E-state index >= 15 is 0 Å². The number of thiol groups is 1. The van der Waals surface area contributed by atoms with Gasteiger partial charge in [-0.05, 0) is 18.3 Å². The van der Waals surface area contributed by atoms with Crippen LogP contribution >= 0.6 is 35.2 Å². The molecule has 0 aliphatic heterocycles. The predicted octanol–water partition coefficient (Wildman–Crippen LogP) is 3.42. The fourth-order valence-electron chi connectivity index (χ4n) is 1.08. The van der Waals surface area contributed by atoms with Crippen molar-refractivity contribution in [3.05, 3.63) is 12.2 Å². The molecule has 2 heteroatoms. The van der Waals surface area contributed by atoms with E-state index in [0.717, 1.165) is 0 Å². The Labute approximate surface area is 82.0 Å². The first-order chi connectivity index (χ1) is 4.46. The SMILES string of the molecule is CC1(C)CCC=CC1(S)I. The first-order valence-electron chi connectivity index (χ1n) is 3.55. The van der Waals surface area contributed by atoms with E-state index in [2.05, 4.69) is 61.2 Å². The molecular formula is C8H13IS. The Bertz CT molecular complexity index is 159. The van der Waals surface area contributed by atoms with E-state index in [-0.39, 0.29) is 2.75 Å². The molecule has 0 saturated heterocycles. The molecule has 0 aromatic heterocycles. The van der Waals surface area contributed by atoms with Crippen LogP contribution in [0.25, 0.3) is 0 Å². The van der Waals surface area contributed by atoms with Crippen molar-refractivity contribution in [3.8, 4) is 0 Å². The highest BCUT2D eigenvalue weighted by molar-refractivity contribution is 14.1. The third-order valence-electron chi connectivity index (χ3n) is 2.22. The van der Waals surface area contributed by atoms with Gasteiger partial charge in [-0.2, -0.15) is 12.6 Å². The molecule has 1 rings (SSSR count). The second-order valence-electron chi connectivity index (χ2n) is 3.50. The van der Waals surface area contributed by atoms with E-state index < -0.39 is 0 Å². The molecule has 0 aromatic rings. The van der Waals surface area contributed by atoms with Crippen LogP contribution in [-0.4, -0.2) is 2.75 Å². The fourth-order valence-corrected chi connectivity index (χ4v) is 1.83. The summed E-state index contributed by atoms with van der Waals surface area (Å²) in [6, 6.07) is 0. The largest absolute Gasteiger partial charge is 0.157 e. The van der Waals surface area contributed by atoms with Crippen LogP contribution < -0.4 is 0 Å². The normalized spacial score (nSPS) is 38.0. The molecule has 10 heavy (non-hydrogen) atoms. The molecule has 0 heterocycles. The summed E-state index contributed by atoms with van der Waals surface area (Å²) < 4.78 is 0.0585. The average Bonchev–Trinajstić information content (AvgIpc) is 1.77. The van der Waals surface area contributed by atoms with Crippen LogP contribution in [0, 0.1) is 5.41 Å². The third kappa shape index (κ3) is 1.52. The molecule has 0 nitrogen and oxygen atoms in total. The van der Waals surface area contributed by atoms with Crippen LogP contribution in [0.4, 0.5) is 0 Å².